The van der Waals surface area contributed by atoms with Crippen LogP contribution >= 0.6 is 0 Å². The molecule has 1 saturated heterocycles. The molecule has 0 aromatic heterocycles. The normalized spacial score (nSPS) is 15.3. The van der Waals surface area contributed by atoms with Crippen molar-refractivity contribution in [3.05, 3.63) is 29.8 Å². The first-order valence-corrected chi connectivity index (χ1v) is 8.80. The second-order valence-electron chi connectivity index (χ2n) is 7.08. The van der Waals surface area contributed by atoms with Crippen molar-refractivity contribution in [1.29, 1.82) is 5.41 Å². The first-order valence-electron chi connectivity index (χ1n) is 8.80. The minimum absolute atomic E-state index is 0.0833. The van der Waals surface area contributed by atoms with Gasteiger partial charge in [0, 0.05) is 13.5 Å². The Hall–Kier alpha value is -2.97. The number of amides is 1. The van der Waals surface area contributed by atoms with E-state index < -0.39 is 11.6 Å². The second kappa shape index (κ2) is 11.7. The summed E-state index contributed by atoms with van der Waals surface area (Å²) in [5.41, 5.74) is 9.59. The summed E-state index contributed by atoms with van der Waals surface area (Å²) in [6.45, 7) is 7.50. The Kier molecular flexibility index (Phi) is 10.4. The van der Waals surface area contributed by atoms with Gasteiger partial charge in [0.15, 0.2) is 5.96 Å². The number of carboxylic acid groups (broad SMARTS) is 1. The Morgan fingerprint density at radius 1 is 1.29 bits per heavy atom. The van der Waals surface area contributed by atoms with Crippen LogP contribution in [0.4, 0.5) is 4.79 Å². The number of methoxy groups -OCH3 is 1. The molecular formula is C19H32N4O5. The number of carbonyl (C=O) groups excluding carboxylic acids is 1. The van der Waals surface area contributed by atoms with Gasteiger partial charge >= 0.3 is 6.09 Å². The number of rotatable bonds is 2. The zero-order valence-corrected chi connectivity index (χ0v) is 17.2. The average molecular weight is 396 g/mol. The van der Waals surface area contributed by atoms with Gasteiger partial charge in [0.2, 0.25) is 0 Å². The van der Waals surface area contributed by atoms with Crippen LogP contribution in [0.15, 0.2) is 24.3 Å². The predicted molar refractivity (Wildman–Crippen MR) is 107 cm³/mol. The fourth-order valence-electron chi connectivity index (χ4n) is 2.50. The van der Waals surface area contributed by atoms with E-state index in [2.05, 4.69) is 11.5 Å². The monoisotopic (exact) mass is 396 g/mol. The third-order valence-electron chi connectivity index (χ3n) is 3.36. The molecule has 1 atom stereocenters. The summed E-state index contributed by atoms with van der Waals surface area (Å²) >= 11 is 0. The Morgan fingerprint density at radius 2 is 1.82 bits per heavy atom. The van der Waals surface area contributed by atoms with Crippen molar-refractivity contribution in [1.82, 2.24) is 4.90 Å². The zero-order chi connectivity index (χ0) is 21.9. The van der Waals surface area contributed by atoms with E-state index in [1.165, 1.54) is 0 Å². The van der Waals surface area contributed by atoms with Gasteiger partial charge in [0.25, 0.3) is 5.97 Å². The van der Waals surface area contributed by atoms with E-state index >= 15 is 0 Å². The topological polar surface area (TPSA) is 152 Å². The SMILES string of the molecule is CC(=O)O.COc1cccc([C@@H]2CCCN2C(=O)OC(C)(C)C)c1.N=C(N)N. The van der Waals surface area contributed by atoms with E-state index in [1.807, 2.05) is 49.9 Å². The molecule has 1 aliphatic heterocycles. The lowest BCUT2D eigenvalue weighted by Crippen LogP contribution is -2.36. The highest BCUT2D eigenvalue weighted by atomic mass is 16.6. The number of guanidine groups is 1. The Balaban J connectivity index is 0.000000776. The molecule has 0 radical (unpaired) electrons. The maximum absolute atomic E-state index is 12.3. The molecule has 1 aliphatic rings. The molecule has 0 aliphatic carbocycles. The summed E-state index contributed by atoms with van der Waals surface area (Å²) in [6.07, 6.45) is 1.73. The van der Waals surface area contributed by atoms with Crippen molar-refractivity contribution in [2.75, 3.05) is 13.7 Å². The summed E-state index contributed by atoms with van der Waals surface area (Å²) in [5, 5.41) is 13.5. The highest BCUT2D eigenvalue weighted by Gasteiger charge is 2.33. The summed E-state index contributed by atoms with van der Waals surface area (Å²) in [5.74, 6) is -0.349. The van der Waals surface area contributed by atoms with Gasteiger partial charge in [-0.25, -0.2) is 4.79 Å². The third-order valence-corrected chi connectivity index (χ3v) is 3.36. The van der Waals surface area contributed by atoms with Gasteiger partial charge in [-0.1, -0.05) is 12.1 Å². The molecule has 9 heteroatoms. The number of hydrogen-bond donors (Lipinski definition) is 4. The van der Waals surface area contributed by atoms with Crippen molar-refractivity contribution in [3.63, 3.8) is 0 Å². The number of carboxylic acids is 1. The van der Waals surface area contributed by atoms with E-state index in [0.29, 0.717) is 0 Å². The number of benzene rings is 1. The summed E-state index contributed by atoms with van der Waals surface area (Å²) in [4.78, 5) is 23.1. The zero-order valence-electron chi connectivity index (χ0n) is 17.2. The lowest BCUT2D eigenvalue weighted by atomic mass is 10.0. The molecule has 9 nitrogen and oxygen atoms in total. The summed E-state index contributed by atoms with van der Waals surface area (Å²) in [7, 11) is 1.65. The lowest BCUT2D eigenvalue weighted by molar-refractivity contribution is -0.134. The summed E-state index contributed by atoms with van der Waals surface area (Å²) in [6, 6.07) is 7.99. The molecule has 1 fully saturated rings. The third kappa shape index (κ3) is 10.9. The molecule has 1 aromatic carbocycles. The predicted octanol–water partition coefficient (Wildman–Crippen LogP) is 2.70. The van der Waals surface area contributed by atoms with E-state index in [-0.39, 0.29) is 18.1 Å². The van der Waals surface area contributed by atoms with Gasteiger partial charge < -0.3 is 30.9 Å². The van der Waals surface area contributed by atoms with Crippen LogP contribution in [0.3, 0.4) is 0 Å². The smallest absolute Gasteiger partial charge is 0.410 e. The average Bonchev–Trinajstić information content (AvgIpc) is 3.02. The highest BCUT2D eigenvalue weighted by molar-refractivity contribution is 5.71. The number of nitrogens with zero attached hydrogens (tertiary/aromatic N) is 1. The van der Waals surface area contributed by atoms with Crippen LogP contribution in [0.5, 0.6) is 5.75 Å². The minimum Gasteiger partial charge on any atom is -0.497 e. The Bertz CT molecular complexity index is 638. The van der Waals surface area contributed by atoms with E-state index in [0.717, 1.165) is 37.6 Å². The van der Waals surface area contributed by atoms with E-state index in [1.54, 1.807) is 7.11 Å². The van der Waals surface area contributed by atoms with Crippen LogP contribution in [0.1, 0.15) is 52.1 Å². The Labute approximate surface area is 166 Å². The molecule has 0 spiro atoms. The van der Waals surface area contributed by atoms with Crippen LogP contribution < -0.4 is 16.2 Å². The molecule has 0 bridgehead atoms. The molecular weight excluding hydrogens is 364 g/mol. The maximum atomic E-state index is 12.3. The van der Waals surface area contributed by atoms with Crippen molar-refractivity contribution < 1.29 is 24.2 Å². The molecule has 6 N–H and O–H groups in total. The molecule has 2 rings (SSSR count). The number of nitrogens with two attached hydrogens (primary N) is 2. The molecule has 1 aromatic rings. The number of aliphatic carboxylic acids is 1. The maximum Gasteiger partial charge on any atom is 0.410 e. The number of ether oxygens (including phenoxy) is 2. The first kappa shape index (κ1) is 25.0. The van der Waals surface area contributed by atoms with Gasteiger partial charge in [-0.3, -0.25) is 10.2 Å². The van der Waals surface area contributed by atoms with Gasteiger partial charge in [0.05, 0.1) is 13.2 Å². The highest BCUT2D eigenvalue weighted by Crippen LogP contribution is 2.34. The Morgan fingerprint density at radius 3 is 2.29 bits per heavy atom. The molecule has 0 saturated carbocycles. The fourth-order valence-corrected chi connectivity index (χ4v) is 2.50. The van der Waals surface area contributed by atoms with Gasteiger partial charge in [0.1, 0.15) is 11.4 Å². The quantitative estimate of drug-likeness (QED) is 0.443. The largest absolute Gasteiger partial charge is 0.497 e. The van der Waals surface area contributed by atoms with Crippen LogP contribution in [-0.2, 0) is 9.53 Å². The number of hydrogen-bond acceptors (Lipinski definition) is 5. The minimum atomic E-state index is -0.833. The van der Waals surface area contributed by atoms with Gasteiger partial charge in [-0.2, -0.15) is 0 Å². The second-order valence-corrected chi connectivity index (χ2v) is 7.08. The standard InChI is InChI=1S/C16H23NO3.C2H4O2.CH5N3/c1-16(2,3)20-15(18)17-10-6-9-14(17)12-7-5-8-13(11-12)19-4;1-2(3)4;2-1(3)4/h5,7-8,11,14H,6,9-10H2,1-4H3;1H3,(H,3,4);(H5,2,3,4)/t14-;;/m0../s1. The number of nitrogens with one attached hydrogen (secondary N) is 1. The van der Waals surface area contributed by atoms with E-state index in [9.17, 15) is 4.79 Å². The molecule has 1 heterocycles. The molecule has 158 valence electrons. The van der Waals surface area contributed by atoms with Gasteiger partial charge in [-0.05, 0) is 51.3 Å². The van der Waals surface area contributed by atoms with Crippen LogP contribution in [-0.4, -0.2) is 47.3 Å². The van der Waals surface area contributed by atoms with Crippen molar-refractivity contribution >= 4 is 18.0 Å². The molecule has 28 heavy (non-hydrogen) atoms. The van der Waals surface area contributed by atoms with Gasteiger partial charge in [-0.15, -0.1) is 0 Å². The van der Waals surface area contributed by atoms with Crippen LogP contribution in [0.2, 0.25) is 0 Å². The first-order chi connectivity index (χ1) is 12.9. The number of carbonyl (C=O) groups is 2. The summed E-state index contributed by atoms with van der Waals surface area (Å²) < 4.78 is 10.7. The van der Waals surface area contributed by atoms with Crippen LogP contribution in [0.25, 0.3) is 0 Å². The van der Waals surface area contributed by atoms with Crippen molar-refractivity contribution in [2.24, 2.45) is 11.5 Å². The molecule has 1 amide bonds. The van der Waals surface area contributed by atoms with Crippen LogP contribution in [0, 0.1) is 5.41 Å². The molecule has 0 unspecified atom stereocenters. The number of likely N-dealkylation sites (tertiary alicyclic amines) is 1. The fraction of sp³-hybridized carbons (Fsp3) is 0.526. The lowest BCUT2D eigenvalue weighted by Gasteiger charge is -2.29. The van der Waals surface area contributed by atoms with Crippen molar-refractivity contribution in [2.45, 2.75) is 52.2 Å². The van der Waals surface area contributed by atoms with E-state index in [4.69, 9.17) is 24.8 Å². The van der Waals surface area contributed by atoms with Crippen molar-refractivity contribution in [3.8, 4) is 5.75 Å².